The summed E-state index contributed by atoms with van der Waals surface area (Å²) in [6, 6.07) is 5.77. The van der Waals surface area contributed by atoms with Crippen molar-refractivity contribution in [2.45, 2.75) is 19.4 Å². The van der Waals surface area contributed by atoms with Crippen molar-refractivity contribution in [3.05, 3.63) is 53.4 Å². The number of nitrogens with one attached hydrogen (secondary N) is 1. The van der Waals surface area contributed by atoms with Gasteiger partial charge in [-0.05, 0) is 36.8 Å². The number of carbonyl (C=O) groups excluding carboxylic acids is 2. The third-order valence-corrected chi connectivity index (χ3v) is 5.38. The van der Waals surface area contributed by atoms with Crippen LogP contribution in [0.1, 0.15) is 11.3 Å². The Morgan fingerprint density at radius 2 is 2.09 bits per heavy atom. The third kappa shape index (κ3) is 4.13. The van der Waals surface area contributed by atoms with Gasteiger partial charge in [-0.3, -0.25) is 4.79 Å². The zero-order chi connectivity index (χ0) is 22.8. The predicted octanol–water partition coefficient (Wildman–Crippen LogP) is 3.17. The molecular formula is C22H22F2N4O4. The zero-order valence-corrected chi connectivity index (χ0v) is 17.6. The number of imidazole rings is 1. The topological polar surface area (TPSA) is 85.2 Å². The second-order valence-corrected chi connectivity index (χ2v) is 7.53. The number of carbonyl (C=O) groups is 2. The van der Waals surface area contributed by atoms with Crippen molar-refractivity contribution in [1.29, 1.82) is 0 Å². The van der Waals surface area contributed by atoms with Crippen molar-refractivity contribution in [1.82, 2.24) is 14.3 Å². The minimum atomic E-state index is -0.850. The van der Waals surface area contributed by atoms with Gasteiger partial charge >= 0.3 is 6.09 Å². The number of anilines is 1. The fraction of sp³-hybridized carbons (Fsp3) is 0.318. The molecule has 0 spiro atoms. The van der Waals surface area contributed by atoms with Gasteiger partial charge in [0.25, 0.3) is 0 Å². The second kappa shape index (κ2) is 8.91. The Kier molecular flexibility index (Phi) is 6.04. The molecule has 0 saturated carbocycles. The van der Waals surface area contributed by atoms with E-state index in [0.717, 1.165) is 17.7 Å². The molecule has 10 heteroatoms. The molecule has 1 aliphatic rings. The standard InChI is InChI=1S/C22H22F2N4O4/c1-13-3-4-28-18(10-15-11-27(5-6-32-15)22(30)31-2)21(26-19(28)7-13)20-16(23)8-14(25-12-29)9-17(20)24/h3-4,7-9,12,15H,5-6,10-11H2,1-2H3,(H,25,29)/t15-/m0/s1. The van der Waals surface area contributed by atoms with Crippen LogP contribution in [0.15, 0.2) is 30.5 Å². The van der Waals surface area contributed by atoms with Crippen molar-refractivity contribution in [2.75, 3.05) is 32.1 Å². The van der Waals surface area contributed by atoms with Crippen LogP contribution in [-0.2, 0) is 20.7 Å². The van der Waals surface area contributed by atoms with Crippen molar-refractivity contribution in [3.63, 3.8) is 0 Å². The lowest BCUT2D eigenvalue weighted by Gasteiger charge is -2.32. The van der Waals surface area contributed by atoms with Gasteiger partial charge in [-0.25, -0.2) is 18.6 Å². The molecule has 8 nitrogen and oxygen atoms in total. The number of aromatic nitrogens is 2. The molecular weight excluding hydrogens is 422 g/mol. The van der Waals surface area contributed by atoms with Crippen molar-refractivity contribution < 1.29 is 27.8 Å². The van der Waals surface area contributed by atoms with Crippen LogP contribution in [0.3, 0.4) is 0 Å². The van der Waals surface area contributed by atoms with E-state index in [4.69, 9.17) is 9.47 Å². The second-order valence-electron chi connectivity index (χ2n) is 7.53. The Bertz CT molecular complexity index is 1160. The zero-order valence-electron chi connectivity index (χ0n) is 17.6. The predicted molar refractivity (Wildman–Crippen MR) is 112 cm³/mol. The van der Waals surface area contributed by atoms with E-state index in [9.17, 15) is 18.4 Å². The summed E-state index contributed by atoms with van der Waals surface area (Å²) in [5.74, 6) is -1.70. The first-order chi connectivity index (χ1) is 15.4. The van der Waals surface area contributed by atoms with E-state index in [2.05, 4.69) is 10.3 Å². The molecule has 0 unspecified atom stereocenters. The highest BCUT2D eigenvalue weighted by Crippen LogP contribution is 2.33. The molecule has 4 rings (SSSR count). The number of fused-ring (bicyclic) bond motifs is 1. The summed E-state index contributed by atoms with van der Waals surface area (Å²) >= 11 is 0. The van der Waals surface area contributed by atoms with Crippen LogP contribution < -0.4 is 5.32 Å². The first-order valence-corrected chi connectivity index (χ1v) is 10.0. The number of nitrogens with zero attached hydrogens (tertiary/aromatic N) is 3. The number of morpholine rings is 1. The lowest BCUT2D eigenvalue weighted by Crippen LogP contribution is -2.46. The van der Waals surface area contributed by atoms with Crippen molar-refractivity contribution >= 4 is 23.8 Å². The van der Waals surface area contributed by atoms with Crippen LogP contribution >= 0.6 is 0 Å². The fourth-order valence-electron chi connectivity index (χ4n) is 3.90. The van der Waals surface area contributed by atoms with Gasteiger partial charge in [0, 0.05) is 24.8 Å². The molecule has 1 atom stereocenters. The summed E-state index contributed by atoms with van der Waals surface area (Å²) in [7, 11) is 1.31. The summed E-state index contributed by atoms with van der Waals surface area (Å²) in [5, 5.41) is 2.25. The number of methoxy groups -OCH3 is 1. The van der Waals surface area contributed by atoms with Crippen LogP contribution in [0.2, 0.25) is 0 Å². The van der Waals surface area contributed by atoms with Crippen LogP contribution in [0.25, 0.3) is 16.9 Å². The highest BCUT2D eigenvalue weighted by molar-refractivity contribution is 5.75. The van der Waals surface area contributed by atoms with E-state index in [0.29, 0.717) is 30.9 Å². The summed E-state index contributed by atoms with van der Waals surface area (Å²) in [6.45, 7) is 2.89. The molecule has 1 N–H and O–H groups in total. The summed E-state index contributed by atoms with van der Waals surface area (Å²) < 4.78 is 42.3. The highest BCUT2D eigenvalue weighted by atomic mass is 19.1. The molecule has 0 aliphatic carbocycles. The Labute approximate surface area is 182 Å². The van der Waals surface area contributed by atoms with E-state index < -0.39 is 23.8 Å². The first-order valence-electron chi connectivity index (χ1n) is 10.0. The van der Waals surface area contributed by atoms with Gasteiger partial charge in [-0.1, -0.05) is 0 Å². The number of benzene rings is 1. The average Bonchev–Trinajstić information content (AvgIpc) is 3.10. The molecule has 0 bridgehead atoms. The van der Waals surface area contributed by atoms with Crippen molar-refractivity contribution in [3.8, 4) is 11.3 Å². The fourth-order valence-corrected chi connectivity index (χ4v) is 3.90. The lowest BCUT2D eigenvalue weighted by molar-refractivity contribution is -0.105. The lowest BCUT2D eigenvalue weighted by atomic mass is 10.0. The van der Waals surface area contributed by atoms with E-state index in [1.54, 1.807) is 10.6 Å². The molecule has 2 amide bonds. The number of pyridine rings is 1. The number of aryl methyl sites for hydroxylation is 1. The van der Waals surface area contributed by atoms with Gasteiger partial charge in [-0.2, -0.15) is 0 Å². The molecule has 1 saturated heterocycles. The number of hydrogen-bond acceptors (Lipinski definition) is 5. The quantitative estimate of drug-likeness (QED) is 0.611. The number of amides is 2. The third-order valence-electron chi connectivity index (χ3n) is 5.38. The van der Waals surface area contributed by atoms with Gasteiger partial charge < -0.3 is 24.1 Å². The van der Waals surface area contributed by atoms with Crippen LogP contribution in [-0.4, -0.2) is 59.7 Å². The molecule has 2 aromatic heterocycles. The maximum Gasteiger partial charge on any atom is 0.409 e. The molecule has 0 radical (unpaired) electrons. The molecule has 3 aromatic rings. The Morgan fingerprint density at radius 1 is 1.34 bits per heavy atom. The Morgan fingerprint density at radius 3 is 2.78 bits per heavy atom. The number of ether oxygens (including phenoxy) is 2. The Hall–Kier alpha value is -3.53. The highest BCUT2D eigenvalue weighted by Gasteiger charge is 2.29. The van der Waals surface area contributed by atoms with Crippen molar-refractivity contribution in [2.24, 2.45) is 0 Å². The molecule has 1 fully saturated rings. The maximum absolute atomic E-state index is 15.0. The van der Waals surface area contributed by atoms with E-state index >= 15 is 0 Å². The SMILES string of the molecule is COC(=O)N1CCO[C@@H](Cc2c(-c3c(F)cc(NC=O)cc3F)nc3cc(C)ccn23)C1. The van der Waals surface area contributed by atoms with E-state index in [-0.39, 0.29) is 29.9 Å². The number of hydrogen-bond donors (Lipinski definition) is 1. The maximum atomic E-state index is 15.0. The van der Waals surface area contributed by atoms with E-state index in [1.165, 1.54) is 12.0 Å². The number of rotatable bonds is 5. The molecule has 1 aliphatic heterocycles. The average molecular weight is 444 g/mol. The minimum absolute atomic E-state index is 0.00393. The summed E-state index contributed by atoms with van der Waals surface area (Å²) in [5.41, 5.74) is 1.87. The van der Waals surface area contributed by atoms with Gasteiger partial charge in [0.05, 0.1) is 43.3 Å². The molecule has 32 heavy (non-hydrogen) atoms. The smallest absolute Gasteiger partial charge is 0.409 e. The van der Waals surface area contributed by atoms with Gasteiger partial charge in [0.2, 0.25) is 6.41 Å². The molecule has 168 valence electrons. The van der Waals surface area contributed by atoms with Gasteiger partial charge in [0.1, 0.15) is 17.3 Å². The van der Waals surface area contributed by atoms with Crippen LogP contribution in [0.5, 0.6) is 0 Å². The first kappa shape index (κ1) is 21.7. The van der Waals surface area contributed by atoms with Crippen LogP contribution in [0.4, 0.5) is 19.3 Å². The summed E-state index contributed by atoms with van der Waals surface area (Å²) in [6.07, 6.45) is 1.53. The van der Waals surface area contributed by atoms with E-state index in [1.807, 2.05) is 19.1 Å². The molecule has 1 aromatic carbocycles. The normalized spacial score (nSPS) is 16.2. The minimum Gasteiger partial charge on any atom is -0.453 e. The largest absolute Gasteiger partial charge is 0.453 e. The summed E-state index contributed by atoms with van der Waals surface area (Å²) in [4.78, 5) is 28.6. The monoisotopic (exact) mass is 444 g/mol. The van der Waals surface area contributed by atoms with Crippen LogP contribution in [0, 0.1) is 18.6 Å². The molecule has 3 heterocycles. The van der Waals surface area contributed by atoms with Gasteiger partial charge in [-0.15, -0.1) is 0 Å². The Balaban J connectivity index is 1.78. The van der Waals surface area contributed by atoms with Gasteiger partial charge in [0.15, 0.2) is 0 Å². The number of halogens is 2.